The Labute approximate surface area is 196 Å². The van der Waals surface area contributed by atoms with Crippen LogP contribution in [0.2, 0.25) is 15.1 Å². The van der Waals surface area contributed by atoms with Crippen molar-refractivity contribution in [3.8, 4) is 5.75 Å². The number of thiocarbonyl (C=S) groups is 1. The second kappa shape index (κ2) is 10.0. The third-order valence-electron chi connectivity index (χ3n) is 4.73. The van der Waals surface area contributed by atoms with Gasteiger partial charge in [-0.1, -0.05) is 34.8 Å². The molecule has 1 saturated heterocycles. The first-order valence-corrected chi connectivity index (χ1v) is 10.7. The Balaban J connectivity index is 1.67. The number of hydrogen-bond donors (Lipinski definition) is 2. The number of carbonyl (C=O) groups is 1. The molecule has 1 aliphatic rings. The molecule has 0 unspecified atom stereocenters. The highest BCUT2D eigenvalue weighted by Crippen LogP contribution is 2.32. The highest BCUT2D eigenvalue weighted by atomic mass is 35.5. The van der Waals surface area contributed by atoms with Crippen LogP contribution in [0.3, 0.4) is 0 Å². The fraction of sp³-hybridized carbons (Fsp3) is 0.300. The van der Waals surface area contributed by atoms with Gasteiger partial charge in [0.25, 0.3) is 5.91 Å². The Bertz CT molecular complexity index is 965. The van der Waals surface area contributed by atoms with Crippen LogP contribution < -0.4 is 20.3 Å². The van der Waals surface area contributed by atoms with Crippen LogP contribution in [-0.4, -0.2) is 56.3 Å². The normalized spacial score (nSPS) is 14.4. The lowest BCUT2D eigenvalue weighted by atomic mass is 10.2. The number of methoxy groups -OCH3 is 1. The number of piperazine rings is 1. The van der Waals surface area contributed by atoms with Gasteiger partial charge in [-0.15, -0.1) is 0 Å². The van der Waals surface area contributed by atoms with Gasteiger partial charge in [-0.25, -0.2) is 0 Å². The number of rotatable bonds is 4. The van der Waals surface area contributed by atoms with Crippen molar-refractivity contribution in [3.63, 3.8) is 0 Å². The molecule has 2 aromatic rings. The van der Waals surface area contributed by atoms with Gasteiger partial charge in [-0.2, -0.15) is 0 Å². The number of halogens is 3. The predicted octanol–water partition coefficient (Wildman–Crippen LogP) is 4.53. The average molecular weight is 488 g/mol. The van der Waals surface area contributed by atoms with Crippen LogP contribution in [0.15, 0.2) is 30.3 Å². The third kappa shape index (κ3) is 5.47. The van der Waals surface area contributed by atoms with Crippen LogP contribution in [-0.2, 0) is 0 Å². The maximum Gasteiger partial charge on any atom is 0.261 e. The van der Waals surface area contributed by atoms with Crippen molar-refractivity contribution < 1.29 is 9.53 Å². The van der Waals surface area contributed by atoms with Gasteiger partial charge < -0.3 is 19.9 Å². The molecule has 160 valence electrons. The summed E-state index contributed by atoms with van der Waals surface area (Å²) in [7, 11) is 3.53. The maximum atomic E-state index is 12.6. The van der Waals surface area contributed by atoms with Crippen LogP contribution in [0.25, 0.3) is 0 Å². The highest BCUT2D eigenvalue weighted by molar-refractivity contribution is 7.80. The molecule has 0 saturated carbocycles. The fourth-order valence-corrected chi connectivity index (χ4v) is 4.24. The molecule has 1 heterocycles. The van der Waals surface area contributed by atoms with Crippen molar-refractivity contribution in [2.75, 3.05) is 50.6 Å². The number of nitrogens with one attached hydrogen (secondary N) is 2. The molecule has 0 aliphatic carbocycles. The van der Waals surface area contributed by atoms with Crippen LogP contribution in [0.1, 0.15) is 10.4 Å². The van der Waals surface area contributed by atoms with E-state index in [2.05, 4.69) is 27.5 Å². The molecule has 0 aromatic heterocycles. The minimum atomic E-state index is -0.492. The average Bonchev–Trinajstić information content (AvgIpc) is 2.68. The molecule has 2 N–H and O–H groups in total. The molecule has 1 fully saturated rings. The van der Waals surface area contributed by atoms with Crippen LogP contribution >= 0.6 is 47.0 Å². The number of ether oxygens (including phenoxy) is 1. The Kier molecular flexibility index (Phi) is 7.65. The van der Waals surface area contributed by atoms with Gasteiger partial charge in [0.2, 0.25) is 0 Å². The number of nitrogens with zero attached hydrogens (tertiary/aromatic N) is 2. The Hall–Kier alpha value is -1.77. The zero-order valence-electron chi connectivity index (χ0n) is 16.5. The molecule has 0 spiro atoms. The second-order valence-corrected chi connectivity index (χ2v) is 8.49. The summed E-state index contributed by atoms with van der Waals surface area (Å²) in [6, 6.07) is 8.56. The smallest absolute Gasteiger partial charge is 0.261 e. The summed E-state index contributed by atoms with van der Waals surface area (Å²) >= 11 is 23.8. The third-order valence-corrected chi connectivity index (χ3v) is 5.74. The first-order valence-electron chi connectivity index (χ1n) is 9.17. The van der Waals surface area contributed by atoms with E-state index in [0.717, 1.165) is 31.9 Å². The summed E-state index contributed by atoms with van der Waals surface area (Å²) in [5, 5.41) is 6.85. The van der Waals surface area contributed by atoms with E-state index in [1.807, 2.05) is 12.1 Å². The Morgan fingerprint density at radius 2 is 1.77 bits per heavy atom. The molecule has 6 nitrogen and oxygen atoms in total. The second-order valence-electron chi connectivity index (χ2n) is 6.83. The minimum absolute atomic E-state index is 0.113. The van der Waals surface area contributed by atoms with Gasteiger partial charge in [-0.05, 0) is 49.6 Å². The first kappa shape index (κ1) is 22.9. The zero-order chi connectivity index (χ0) is 21.8. The fourth-order valence-electron chi connectivity index (χ4n) is 3.16. The summed E-state index contributed by atoms with van der Waals surface area (Å²) in [5.74, 6) is -0.269. The topological polar surface area (TPSA) is 56.8 Å². The van der Waals surface area contributed by atoms with E-state index >= 15 is 0 Å². The van der Waals surface area contributed by atoms with Gasteiger partial charge in [0.15, 0.2) is 5.11 Å². The van der Waals surface area contributed by atoms with E-state index in [0.29, 0.717) is 15.7 Å². The predicted molar refractivity (Wildman–Crippen MR) is 128 cm³/mol. The Morgan fingerprint density at radius 3 is 2.40 bits per heavy atom. The Morgan fingerprint density at radius 1 is 1.07 bits per heavy atom. The monoisotopic (exact) mass is 486 g/mol. The van der Waals surface area contributed by atoms with E-state index < -0.39 is 5.91 Å². The van der Waals surface area contributed by atoms with E-state index in [9.17, 15) is 4.79 Å². The van der Waals surface area contributed by atoms with Gasteiger partial charge in [0.05, 0.1) is 28.4 Å². The van der Waals surface area contributed by atoms with E-state index in [1.165, 1.54) is 19.2 Å². The SMILES string of the molecule is COc1c(Cl)cc(Cl)cc1C(=O)NC(=S)Nc1ccc(N2CCN(C)CC2)c(Cl)c1. The largest absolute Gasteiger partial charge is 0.494 e. The molecule has 10 heteroatoms. The number of hydrogen-bond acceptors (Lipinski definition) is 5. The van der Waals surface area contributed by atoms with Crippen molar-refractivity contribution in [2.45, 2.75) is 0 Å². The quantitative estimate of drug-likeness (QED) is 0.618. The molecule has 0 atom stereocenters. The summed E-state index contributed by atoms with van der Waals surface area (Å²) < 4.78 is 5.21. The standard InChI is InChI=1S/C20H21Cl3N4O2S/c1-26-5-7-27(8-6-26)17-4-3-13(11-15(17)22)24-20(30)25-19(28)14-9-12(21)10-16(23)18(14)29-2/h3-4,9-11H,5-8H2,1-2H3,(H2,24,25,28,30). The van der Waals surface area contributed by atoms with Gasteiger partial charge in [0, 0.05) is 36.9 Å². The molecule has 0 radical (unpaired) electrons. The van der Waals surface area contributed by atoms with Crippen LogP contribution in [0, 0.1) is 0 Å². The van der Waals surface area contributed by atoms with Crippen molar-refractivity contribution in [2.24, 2.45) is 0 Å². The highest BCUT2D eigenvalue weighted by Gasteiger charge is 2.19. The lowest BCUT2D eigenvalue weighted by Crippen LogP contribution is -2.44. The lowest BCUT2D eigenvalue weighted by molar-refractivity contribution is 0.0975. The van der Waals surface area contributed by atoms with E-state index in [-0.39, 0.29) is 21.4 Å². The summed E-state index contributed by atoms with van der Waals surface area (Å²) in [4.78, 5) is 17.1. The molecular weight excluding hydrogens is 467 g/mol. The number of benzene rings is 2. The summed E-state index contributed by atoms with van der Waals surface area (Å²) in [6.07, 6.45) is 0. The van der Waals surface area contributed by atoms with Crippen molar-refractivity contribution in [1.29, 1.82) is 0 Å². The summed E-state index contributed by atoms with van der Waals surface area (Å²) in [5.41, 5.74) is 1.82. The molecule has 1 aliphatic heterocycles. The van der Waals surface area contributed by atoms with Crippen molar-refractivity contribution in [3.05, 3.63) is 51.0 Å². The first-order chi connectivity index (χ1) is 14.3. The molecule has 30 heavy (non-hydrogen) atoms. The molecular formula is C20H21Cl3N4O2S. The molecule has 1 amide bonds. The molecule has 3 rings (SSSR count). The van der Waals surface area contributed by atoms with Crippen molar-refractivity contribution in [1.82, 2.24) is 10.2 Å². The van der Waals surface area contributed by atoms with Crippen molar-refractivity contribution >= 4 is 69.4 Å². The zero-order valence-corrected chi connectivity index (χ0v) is 19.6. The van der Waals surface area contributed by atoms with Gasteiger partial charge in [-0.3, -0.25) is 10.1 Å². The maximum absolute atomic E-state index is 12.6. The van der Waals surface area contributed by atoms with E-state index in [4.69, 9.17) is 51.8 Å². The van der Waals surface area contributed by atoms with Crippen LogP contribution in [0.5, 0.6) is 5.75 Å². The lowest BCUT2D eigenvalue weighted by Gasteiger charge is -2.34. The summed E-state index contributed by atoms with van der Waals surface area (Å²) in [6.45, 7) is 3.82. The number of amides is 1. The number of likely N-dealkylation sites (N-methyl/N-ethyl adjacent to an activating group) is 1. The van der Waals surface area contributed by atoms with Gasteiger partial charge >= 0.3 is 0 Å². The van der Waals surface area contributed by atoms with Crippen LogP contribution in [0.4, 0.5) is 11.4 Å². The van der Waals surface area contributed by atoms with Gasteiger partial charge in [0.1, 0.15) is 5.75 Å². The number of carbonyl (C=O) groups excluding carboxylic acids is 1. The van der Waals surface area contributed by atoms with E-state index in [1.54, 1.807) is 6.07 Å². The number of anilines is 2. The molecule has 0 bridgehead atoms. The minimum Gasteiger partial charge on any atom is -0.494 e. The molecule has 2 aromatic carbocycles.